The van der Waals surface area contributed by atoms with Crippen LogP contribution in [-0.4, -0.2) is 22.4 Å². The van der Waals surface area contributed by atoms with Crippen LogP contribution in [0.1, 0.15) is 12.0 Å². The Morgan fingerprint density at radius 3 is 2.57 bits per heavy atom. The number of rotatable bonds is 7. The Labute approximate surface area is 136 Å². The van der Waals surface area contributed by atoms with Crippen LogP contribution in [0, 0.1) is 11.6 Å². The molecule has 1 amide bonds. The van der Waals surface area contributed by atoms with E-state index in [1.54, 1.807) is 24.3 Å². The SMILES string of the molecule is O=C(CCc1cc(F)ccc1F)NCC[S@](=O)c1ccccc1. The molecule has 2 rings (SSSR count). The molecule has 0 aliphatic carbocycles. The second-order valence-corrected chi connectivity index (χ2v) is 6.52. The summed E-state index contributed by atoms with van der Waals surface area (Å²) in [7, 11) is -1.17. The molecule has 0 unspecified atom stereocenters. The molecule has 2 aromatic carbocycles. The standard InChI is InChI=1S/C17H17F2NO2S/c18-14-7-8-16(19)13(12-14)6-9-17(21)20-10-11-23(22)15-4-2-1-3-5-15/h1-5,7-8,12H,6,9-11H2,(H,20,21)/t23-/m0/s1. The number of carbonyl (C=O) groups is 1. The minimum Gasteiger partial charge on any atom is -0.355 e. The molecule has 1 N–H and O–H groups in total. The number of halogens is 2. The van der Waals surface area contributed by atoms with Gasteiger partial charge in [0.05, 0.1) is 10.8 Å². The van der Waals surface area contributed by atoms with Crippen molar-refractivity contribution in [1.82, 2.24) is 5.32 Å². The molecule has 0 radical (unpaired) electrons. The first-order valence-corrected chi connectivity index (χ1v) is 8.52. The molecule has 0 saturated heterocycles. The van der Waals surface area contributed by atoms with Crippen LogP contribution in [0.2, 0.25) is 0 Å². The summed E-state index contributed by atoms with van der Waals surface area (Å²) in [4.78, 5) is 12.4. The zero-order valence-corrected chi connectivity index (χ0v) is 13.2. The fourth-order valence-corrected chi connectivity index (χ4v) is 3.03. The number of carbonyl (C=O) groups excluding carboxylic acids is 1. The molecule has 0 fully saturated rings. The lowest BCUT2D eigenvalue weighted by atomic mass is 10.1. The fraction of sp³-hybridized carbons (Fsp3) is 0.235. The average Bonchev–Trinajstić information content (AvgIpc) is 2.56. The quantitative estimate of drug-likeness (QED) is 0.844. The van der Waals surface area contributed by atoms with E-state index in [9.17, 15) is 17.8 Å². The van der Waals surface area contributed by atoms with Gasteiger partial charge in [0.2, 0.25) is 5.91 Å². The van der Waals surface area contributed by atoms with E-state index in [0.29, 0.717) is 10.6 Å². The molecule has 122 valence electrons. The maximum absolute atomic E-state index is 13.4. The van der Waals surface area contributed by atoms with Crippen LogP contribution in [0.25, 0.3) is 0 Å². The van der Waals surface area contributed by atoms with E-state index >= 15 is 0 Å². The molecule has 0 saturated carbocycles. The largest absolute Gasteiger partial charge is 0.355 e. The molecule has 0 aliphatic heterocycles. The Balaban J connectivity index is 1.73. The van der Waals surface area contributed by atoms with Gasteiger partial charge in [0, 0.05) is 23.6 Å². The van der Waals surface area contributed by atoms with Crippen LogP contribution in [0.4, 0.5) is 8.78 Å². The Morgan fingerprint density at radius 1 is 1.09 bits per heavy atom. The van der Waals surface area contributed by atoms with Crippen molar-refractivity contribution in [1.29, 1.82) is 0 Å². The summed E-state index contributed by atoms with van der Waals surface area (Å²) in [6.07, 6.45) is 0.176. The van der Waals surface area contributed by atoms with Crippen LogP contribution in [-0.2, 0) is 22.0 Å². The van der Waals surface area contributed by atoms with E-state index in [0.717, 1.165) is 18.2 Å². The maximum atomic E-state index is 13.4. The smallest absolute Gasteiger partial charge is 0.220 e. The molecule has 0 heterocycles. The van der Waals surface area contributed by atoms with E-state index in [1.807, 2.05) is 6.07 Å². The summed E-state index contributed by atoms with van der Waals surface area (Å²) >= 11 is 0. The molecular weight excluding hydrogens is 320 g/mol. The summed E-state index contributed by atoms with van der Waals surface area (Å²) in [6.45, 7) is 0.270. The van der Waals surface area contributed by atoms with Gasteiger partial charge < -0.3 is 5.32 Å². The van der Waals surface area contributed by atoms with E-state index in [4.69, 9.17) is 0 Å². The molecule has 0 aromatic heterocycles. The van der Waals surface area contributed by atoms with Crippen molar-refractivity contribution in [2.75, 3.05) is 12.3 Å². The van der Waals surface area contributed by atoms with E-state index in [-0.39, 0.29) is 30.9 Å². The minimum absolute atomic E-state index is 0.0539. The van der Waals surface area contributed by atoms with Crippen LogP contribution < -0.4 is 5.32 Å². The van der Waals surface area contributed by atoms with Gasteiger partial charge in [0.15, 0.2) is 0 Å². The molecule has 6 heteroatoms. The van der Waals surface area contributed by atoms with E-state index in [1.165, 1.54) is 0 Å². The van der Waals surface area contributed by atoms with Gasteiger partial charge in [-0.05, 0) is 42.3 Å². The van der Waals surface area contributed by atoms with Crippen LogP contribution >= 0.6 is 0 Å². The molecule has 2 aromatic rings. The first-order valence-electron chi connectivity index (χ1n) is 7.20. The average molecular weight is 337 g/mol. The number of amides is 1. The van der Waals surface area contributed by atoms with Gasteiger partial charge in [-0.1, -0.05) is 18.2 Å². The number of aryl methyl sites for hydroxylation is 1. The Kier molecular flexibility index (Phi) is 6.40. The molecule has 1 atom stereocenters. The Morgan fingerprint density at radius 2 is 1.83 bits per heavy atom. The number of hydrogen-bond acceptors (Lipinski definition) is 2. The first kappa shape index (κ1) is 17.3. The highest BCUT2D eigenvalue weighted by Crippen LogP contribution is 2.11. The summed E-state index contributed by atoms with van der Waals surface area (Å²) in [5.74, 6) is -1.02. The predicted octanol–water partition coefficient (Wildman–Crippen LogP) is 2.82. The van der Waals surface area contributed by atoms with E-state index < -0.39 is 22.4 Å². The van der Waals surface area contributed by atoms with Crippen LogP contribution in [0.15, 0.2) is 53.4 Å². The van der Waals surface area contributed by atoms with Gasteiger partial charge in [-0.25, -0.2) is 8.78 Å². The number of hydrogen-bond donors (Lipinski definition) is 1. The van der Waals surface area contributed by atoms with Gasteiger partial charge >= 0.3 is 0 Å². The fourth-order valence-electron chi connectivity index (χ4n) is 2.04. The lowest BCUT2D eigenvalue weighted by Crippen LogP contribution is -2.28. The van der Waals surface area contributed by atoms with Crippen molar-refractivity contribution in [3.63, 3.8) is 0 Å². The minimum atomic E-state index is -1.17. The Bertz CT molecular complexity index is 692. The van der Waals surface area contributed by atoms with Gasteiger partial charge in [-0.15, -0.1) is 0 Å². The molecule has 0 bridgehead atoms. The third-order valence-electron chi connectivity index (χ3n) is 3.24. The van der Waals surface area contributed by atoms with Gasteiger partial charge in [0.1, 0.15) is 11.6 Å². The highest BCUT2D eigenvalue weighted by molar-refractivity contribution is 7.85. The second-order valence-electron chi connectivity index (χ2n) is 4.95. The van der Waals surface area contributed by atoms with E-state index in [2.05, 4.69) is 5.32 Å². The summed E-state index contributed by atoms with van der Waals surface area (Å²) in [5.41, 5.74) is 0.174. The van der Waals surface area contributed by atoms with Crippen molar-refractivity contribution in [2.24, 2.45) is 0 Å². The van der Waals surface area contributed by atoms with Crippen molar-refractivity contribution in [3.8, 4) is 0 Å². The second kappa shape index (κ2) is 8.53. The van der Waals surface area contributed by atoms with Crippen molar-refractivity contribution in [2.45, 2.75) is 17.7 Å². The van der Waals surface area contributed by atoms with Crippen LogP contribution in [0.3, 0.4) is 0 Å². The predicted molar refractivity (Wildman–Crippen MR) is 85.4 cm³/mol. The lowest BCUT2D eigenvalue weighted by molar-refractivity contribution is -0.120. The van der Waals surface area contributed by atoms with Crippen molar-refractivity contribution in [3.05, 3.63) is 65.7 Å². The van der Waals surface area contributed by atoms with Crippen LogP contribution in [0.5, 0.6) is 0 Å². The van der Waals surface area contributed by atoms with Crippen molar-refractivity contribution >= 4 is 16.7 Å². The Hall–Kier alpha value is -2.08. The van der Waals surface area contributed by atoms with Gasteiger partial charge in [-0.2, -0.15) is 0 Å². The van der Waals surface area contributed by atoms with Gasteiger partial charge in [0.25, 0.3) is 0 Å². The molecule has 0 spiro atoms. The summed E-state index contributed by atoms with van der Waals surface area (Å²) in [6, 6.07) is 12.2. The lowest BCUT2D eigenvalue weighted by Gasteiger charge is -2.06. The zero-order chi connectivity index (χ0) is 16.7. The highest BCUT2D eigenvalue weighted by atomic mass is 32.2. The molecule has 3 nitrogen and oxygen atoms in total. The zero-order valence-electron chi connectivity index (χ0n) is 12.4. The number of nitrogens with one attached hydrogen (secondary N) is 1. The molecular formula is C17H17F2NO2S. The first-order chi connectivity index (χ1) is 11.1. The molecule has 0 aliphatic rings. The monoisotopic (exact) mass is 337 g/mol. The highest BCUT2D eigenvalue weighted by Gasteiger charge is 2.08. The summed E-state index contributed by atoms with van der Waals surface area (Å²) < 4.78 is 38.4. The molecule has 23 heavy (non-hydrogen) atoms. The third kappa shape index (κ3) is 5.56. The number of benzene rings is 2. The maximum Gasteiger partial charge on any atom is 0.220 e. The third-order valence-corrected chi connectivity index (χ3v) is 4.62. The normalized spacial score (nSPS) is 11.9. The van der Waals surface area contributed by atoms with Gasteiger partial charge in [-0.3, -0.25) is 9.00 Å². The topological polar surface area (TPSA) is 46.2 Å². The summed E-state index contributed by atoms with van der Waals surface area (Å²) in [5, 5.41) is 2.64. The van der Waals surface area contributed by atoms with Crippen molar-refractivity contribution < 1.29 is 17.8 Å².